The van der Waals surface area contributed by atoms with Gasteiger partial charge in [0.15, 0.2) is 0 Å². The lowest BCUT2D eigenvalue weighted by Gasteiger charge is -2.23. The predicted octanol–water partition coefficient (Wildman–Crippen LogP) is 12.6. The standard InChI is InChI=1S/C51H93N3O6/c1-6-9-12-15-18-27-34-44-59-46(55)38-30-23-19-25-32-41-54(43-35-40-52-48-49(53(4)5)51(58)50(48)57)42-33-26-20-24-31-39-47(56)60-45(36-28-21-16-13-10-7-2)37-29-22-17-14-11-8-3/h27,34,45,52H,6-26,28-33,35-44H2,1-5H3/b34-27-. The highest BCUT2D eigenvalue weighted by atomic mass is 16.5. The van der Waals surface area contributed by atoms with Gasteiger partial charge in [-0.1, -0.05) is 155 Å². The lowest BCUT2D eigenvalue weighted by Crippen LogP contribution is -2.40. The van der Waals surface area contributed by atoms with Crippen molar-refractivity contribution in [2.24, 2.45) is 0 Å². The van der Waals surface area contributed by atoms with E-state index in [1.54, 1.807) is 19.0 Å². The summed E-state index contributed by atoms with van der Waals surface area (Å²) in [6.45, 7) is 10.8. The van der Waals surface area contributed by atoms with Gasteiger partial charge in [-0.3, -0.25) is 19.2 Å². The Labute approximate surface area is 368 Å². The van der Waals surface area contributed by atoms with Gasteiger partial charge in [-0.15, -0.1) is 0 Å². The average Bonchev–Trinajstić information content (AvgIpc) is 3.23. The molecule has 0 aliphatic rings. The largest absolute Gasteiger partial charge is 0.462 e. The van der Waals surface area contributed by atoms with Crippen LogP contribution in [0.15, 0.2) is 21.7 Å². The smallest absolute Gasteiger partial charge is 0.306 e. The Morgan fingerprint density at radius 2 is 1.02 bits per heavy atom. The summed E-state index contributed by atoms with van der Waals surface area (Å²) in [6.07, 6.45) is 40.0. The molecule has 0 unspecified atom stereocenters. The summed E-state index contributed by atoms with van der Waals surface area (Å²) in [5, 5.41) is 3.22. The second-order valence-corrected chi connectivity index (χ2v) is 17.7. The number of carbonyl (C=O) groups excluding carboxylic acids is 2. The van der Waals surface area contributed by atoms with E-state index < -0.39 is 10.9 Å². The topological polar surface area (TPSA) is 105 Å². The van der Waals surface area contributed by atoms with Crippen molar-refractivity contribution in [1.29, 1.82) is 0 Å². The van der Waals surface area contributed by atoms with Crippen LogP contribution in [0.2, 0.25) is 0 Å². The van der Waals surface area contributed by atoms with Gasteiger partial charge in [0.2, 0.25) is 0 Å². The van der Waals surface area contributed by atoms with Crippen LogP contribution in [-0.4, -0.2) is 69.8 Å². The molecule has 0 amide bonds. The highest BCUT2D eigenvalue weighted by Gasteiger charge is 2.22. The number of allylic oxidation sites excluding steroid dienone is 1. The van der Waals surface area contributed by atoms with Crippen LogP contribution in [0.5, 0.6) is 0 Å². The fourth-order valence-electron chi connectivity index (χ4n) is 7.99. The predicted molar refractivity (Wildman–Crippen MR) is 255 cm³/mol. The highest BCUT2D eigenvalue weighted by molar-refractivity contribution is 5.74. The second-order valence-electron chi connectivity index (χ2n) is 17.7. The van der Waals surface area contributed by atoms with Crippen LogP contribution in [0.4, 0.5) is 11.4 Å². The fraction of sp³-hybridized carbons (Fsp3) is 0.843. The summed E-state index contributed by atoms with van der Waals surface area (Å²) in [5.74, 6) is -0.104. The van der Waals surface area contributed by atoms with E-state index in [1.807, 2.05) is 6.08 Å². The third-order valence-electron chi connectivity index (χ3n) is 11.8. The van der Waals surface area contributed by atoms with E-state index in [1.165, 1.54) is 89.9 Å². The molecule has 0 heterocycles. The van der Waals surface area contributed by atoms with Crippen molar-refractivity contribution in [2.75, 3.05) is 57.1 Å². The van der Waals surface area contributed by atoms with Crippen molar-refractivity contribution >= 4 is 23.3 Å². The molecule has 1 aromatic rings. The number of esters is 2. The fourth-order valence-corrected chi connectivity index (χ4v) is 7.99. The molecular weight excluding hydrogens is 751 g/mol. The SMILES string of the molecule is CCCCCC/C=C\COC(=O)CCCCCCCN(CCCCCCCC(=O)OC(CCCCCCCC)CCCCCCCC)CCCNc1c(N(C)C)c(=O)c1=O. The van der Waals surface area contributed by atoms with Crippen molar-refractivity contribution in [3.63, 3.8) is 0 Å². The van der Waals surface area contributed by atoms with Crippen molar-refractivity contribution in [1.82, 2.24) is 4.90 Å². The summed E-state index contributed by atoms with van der Waals surface area (Å²) in [6, 6.07) is 0. The van der Waals surface area contributed by atoms with Gasteiger partial charge in [0, 0.05) is 33.5 Å². The molecule has 9 heteroatoms. The Morgan fingerprint density at radius 3 is 1.57 bits per heavy atom. The monoisotopic (exact) mass is 844 g/mol. The molecule has 0 atom stereocenters. The zero-order valence-corrected chi connectivity index (χ0v) is 39.7. The van der Waals surface area contributed by atoms with Gasteiger partial charge < -0.3 is 24.6 Å². The van der Waals surface area contributed by atoms with Crippen LogP contribution in [0.1, 0.15) is 226 Å². The minimum absolute atomic E-state index is 0.00524. The number of hydrogen-bond acceptors (Lipinski definition) is 9. The molecule has 0 radical (unpaired) electrons. The maximum absolute atomic E-state index is 12.9. The molecule has 0 aliphatic carbocycles. The third-order valence-corrected chi connectivity index (χ3v) is 11.8. The van der Waals surface area contributed by atoms with E-state index in [2.05, 4.69) is 37.1 Å². The van der Waals surface area contributed by atoms with Gasteiger partial charge in [0.25, 0.3) is 10.9 Å². The Kier molecular flexibility index (Phi) is 36.1. The minimum atomic E-state index is -0.414. The molecule has 0 fully saturated rings. The third kappa shape index (κ3) is 29.6. The molecule has 0 bridgehead atoms. The van der Waals surface area contributed by atoms with E-state index in [0.717, 1.165) is 122 Å². The first-order valence-corrected chi connectivity index (χ1v) is 25.2. The van der Waals surface area contributed by atoms with Gasteiger partial charge in [-0.05, 0) is 90.3 Å². The quantitative estimate of drug-likeness (QED) is 0.0297. The first-order chi connectivity index (χ1) is 29.2. The molecule has 0 saturated heterocycles. The van der Waals surface area contributed by atoms with Crippen LogP contribution in [0, 0.1) is 0 Å². The minimum Gasteiger partial charge on any atom is -0.462 e. The van der Waals surface area contributed by atoms with Crippen molar-refractivity contribution in [2.45, 2.75) is 232 Å². The first kappa shape index (κ1) is 55.3. The van der Waals surface area contributed by atoms with Crippen LogP contribution in [0.3, 0.4) is 0 Å². The van der Waals surface area contributed by atoms with Crippen molar-refractivity contribution in [3.05, 3.63) is 32.6 Å². The number of carbonyl (C=O) groups is 2. The summed E-state index contributed by atoms with van der Waals surface area (Å²) < 4.78 is 11.4. The summed E-state index contributed by atoms with van der Waals surface area (Å²) in [4.78, 5) is 53.3. The van der Waals surface area contributed by atoms with E-state index in [0.29, 0.717) is 37.4 Å². The van der Waals surface area contributed by atoms with Gasteiger partial charge in [0.05, 0.1) is 0 Å². The summed E-state index contributed by atoms with van der Waals surface area (Å²) >= 11 is 0. The van der Waals surface area contributed by atoms with E-state index >= 15 is 0 Å². The van der Waals surface area contributed by atoms with E-state index in [4.69, 9.17) is 9.47 Å². The Bertz CT molecular complexity index is 1260. The average molecular weight is 844 g/mol. The maximum atomic E-state index is 12.9. The normalized spacial score (nSPS) is 11.7. The van der Waals surface area contributed by atoms with Gasteiger partial charge in [-0.25, -0.2) is 0 Å². The lowest BCUT2D eigenvalue weighted by atomic mass is 10.0. The van der Waals surface area contributed by atoms with Crippen LogP contribution in [-0.2, 0) is 19.1 Å². The number of hydrogen-bond donors (Lipinski definition) is 1. The Hall–Kier alpha value is -2.68. The molecule has 0 aromatic heterocycles. The molecule has 60 heavy (non-hydrogen) atoms. The maximum Gasteiger partial charge on any atom is 0.306 e. The Morgan fingerprint density at radius 1 is 0.550 bits per heavy atom. The number of ether oxygens (including phenoxy) is 2. The number of nitrogens with zero attached hydrogens (tertiary/aromatic N) is 2. The molecular formula is C51H93N3O6. The molecule has 0 saturated carbocycles. The van der Waals surface area contributed by atoms with Crippen LogP contribution < -0.4 is 21.1 Å². The van der Waals surface area contributed by atoms with Crippen molar-refractivity contribution in [3.8, 4) is 0 Å². The molecule has 1 N–H and O–H groups in total. The van der Waals surface area contributed by atoms with Gasteiger partial charge in [0.1, 0.15) is 24.1 Å². The van der Waals surface area contributed by atoms with Crippen LogP contribution >= 0.6 is 0 Å². The van der Waals surface area contributed by atoms with E-state index in [9.17, 15) is 19.2 Å². The zero-order valence-electron chi connectivity index (χ0n) is 39.7. The second kappa shape index (κ2) is 39.2. The molecule has 1 rings (SSSR count). The molecule has 1 aromatic carbocycles. The molecule has 9 nitrogen and oxygen atoms in total. The van der Waals surface area contributed by atoms with Gasteiger partial charge >= 0.3 is 11.9 Å². The highest BCUT2D eigenvalue weighted by Crippen LogP contribution is 2.19. The first-order valence-electron chi connectivity index (χ1n) is 25.2. The van der Waals surface area contributed by atoms with Crippen molar-refractivity contribution < 1.29 is 19.1 Å². The summed E-state index contributed by atoms with van der Waals surface area (Å²) in [7, 11) is 3.59. The van der Waals surface area contributed by atoms with Crippen LogP contribution in [0.25, 0.3) is 0 Å². The Balaban J connectivity index is 2.41. The summed E-state index contributed by atoms with van der Waals surface area (Å²) in [5.41, 5.74) is 0.104. The molecule has 348 valence electrons. The van der Waals surface area contributed by atoms with E-state index in [-0.39, 0.29) is 18.0 Å². The number of nitrogens with one attached hydrogen (secondary N) is 1. The number of unbranched alkanes of at least 4 members (excludes halogenated alkanes) is 22. The van der Waals surface area contributed by atoms with Gasteiger partial charge in [-0.2, -0.15) is 0 Å². The molecule has 0 aliphatic heterocycles. The molecule has 0 spiro atoms. The number of rotatable bonds is 44. The zero-order chi connectivity index (χ0) is 43.9. The lowest BCUT2D eigenvalue weighted by molar-refractivity contribution is -0.150. The number of anilines is 2.